The molecule has 94 valence electrons. The number of nitrogens with one attached hydrogen (secondary N) is 1. The lowest BCUT2D eigenvalue weighted by Crippen LogP contribution is -2.50. The van der Waals surface area contributed by atoms with Crippen molar-refractivity contribution in [3.05, 3.63) is 0 Å². The lowest BCUT2D eigenvalue weighted by atomic mass is 9.89. The highest BCUT2D eigenvalue weighted by molar-refractivity contribution is 7.91. The van der Waals surface area contributed by atoms with Crippen LogP contribution in [0.5, 0.6) is 0 Å². The van der Waals surface area contributed by atoms with Crippen LogP contribution in [0, 0.1) is 0 Å². The van der Waals surface area contributed by atoms with Crippen molar-refractivity contribution in [3.8, 4) is 0 Å². The summed E-state index contributed by atoms with van der Waals surface area (Å²) in [5.74, 6) is 0.0247. The van der Waals surface area contributed by atoms with Crippen LogP contribution in [0.3, 0.4) is 0 Å². The highest BCUT2D eigenvalue weighted by Gasteiger charge is 2.38. The van der Waals surface area contributed by atoms with E-state index in [1.165, 1.54) is 0 Å². The Morgan fingerprint density at radius 3 is 2.38 bits per heavy atom. The molecule has 0 spiro atoms. The molecule has 0 amide bonds. The van der Waals surface area contributed by atoms with Crippen molar-refractivity contribution in [2.45, 2.75) is 31.7 Å². The van der Waals surface area contributed by atoms with Crippen LogP contribution in [-0.4, -0.2) is 45.1 Å². The van der Waals surface area contributed by atoms with E-state index in [1.807, 2.05) is 0 Å². The Morgan fingerprint density at radius 2 is 1.94 bits per heavy atom. The van der Waals surface area contributed by atoms with Gasteiger partial charge in [0.05, 0.1) is 24.5 Å². The fourth-order valence-electron chi connectivity index (χ4n) is 1.93. The number of hydrogen-bond acceptors (Lipinski definition) is 5. The predicted octanol–water partition coefficient (Wildman–Crippen LogP) is 0.106. The number of hydrogen-bond donors (Lipinski definition) is 1. The molecule has 5 nitrogen and oxygen atoms in total. The van der Waals surface area contributed by atoms with Crippen LogP contribution in [0.15, 0.2) is 0 Å². The summed E-state index contributed by atoms with van der Waals surface area (Å²) in [5, 5.41) is 3.08. The van der Waals surface area contributed by atoms with E-state index in [-0.39, 0.29) is 23.9 Å². The molecule has 0 aromatic carbocycles. The molecule has 0 atom stereocenters. The molecule has 1 fully saturated rings. The maximum atomic E-state index is 11.4. The fraction of sp³-hybridized carbons (Fsp3) is 0.900. The first-order chi connectivity index (χ1) is 7.43. The molecule has 0 bridgehead atoms. The van der Waals surface area contributed by atoms with Crippen LogP contribution in [0.25, 0.3) is 0 Å². The van der Waals surface area contributed by atoms with Gasteiger partial charge in [-0.15, -0.1) is 0 Å². The summed E-state index contributed by atoms with van der Waals surface area (Å²) < 4.78 is 27.5. The van der Waals surface area contributed by atoms with Crippen molar-refractivity contribution in [2.24, 2.45) is 0 Å². The van der Waals surface area contributed by atoms with E-state index in [1.54, 1.807) is 14.0 Å². The maximum Gasteiger partial charge on any atom is 0.307 e. The maximum absolute atomic E-state index is 11.4. The molecule has 0 aromatic rings. The Bertz CT molecular complexity index is 336. The van der Waals surface area contributed by atoms with E-state index in [4.69, 9.17) is 4.74 Å². The van der Waals surface area contributed by atoms with E-state index >= 15 is 0 Å². The highest BCUT2D eigenvalue weighted by Crippen LogP contribution is 2.27. The van der Waals surface area contributed by atoms with Gasteiger partial charge >= 0.3 is 5.97 Å². The summed E-state index contributed by atoms with van der Waals surface area (Å²) in [5.41, 5.74) is -0.405. The van der Waals surface area contributed by atoms with Gasteiger partial charge in [0.2, 0.25) is 0 Å². The molecule has 0 aliphatic carbocycles. The van der Waals surface area contributed by atoms with Crippen LogP contribution >= 0.6 is 0 Å². The van der Waals surface area contributed by atoms with Crippen molar-refractivity contribution in [2.75, 3.05) is 25.2 Å². The Labute approximate surface area is 96.5 Å². The van der Waals surface area contributed by atoms with E-state index < -0.39 is 15.4 Å². The smallest absolute Gasteiger partial charge is 0.307 e. The zero-order valence-electron chi connectivity index (χ0n) is 9.78. The summed E-state index contributed by atoms with van der Waals surface area (Å²) in [7, 11) is -1.14. The van der Waals surface area contributed by atoms with Crippen LogP contribution in [0.1, 0.15) is 26.2 Å². The van der Waals surface area contributed by atoms with Gasteiger partial charge in [-0.1, -0.05) is 0 Å². The standard InChI is InChI=1S/C10H19NO4S/c1-3-15-9(12)8-10(11-2)4-6-16(13,14)7-5-10/h11H,3-8H2,1-2H3. The minimum Gasteiger partial charge on any atom is -0.466 e. The van der Waals surface area contributed by atoms with E-state index in [0.717, 1.165) is 0 Å². The molecule has 1 aliphatic rings. The molecule has 1 heterocycles. The summed E-state index contributed by atoms with van der Waals surface area (Å²) >= 11 is 0. The topological polar surface area (TPSA) is 72.5 Å². The molecular weight excluding hydrogens is 230 g/mol. The van der Waals surface area contributed by atoms with Crippen molar-refractivity contribution in [1.29, 1.82) is 0 Å². The van der Waals surface area contributed by atoms with Gasteiger partial charge in [-0.05, 0) is 26.8 Å². The number of esters is 1. The third-order valence-electron chi connectivity index (χ3n) is 3.10. The summed E-state index contributed by atoms with van der Waals surface area (Å²) in [6.45, 7) is 2.12. The first kappa shape index (κ1) is 13.4. The normalized spacial score (nSPS) is 22.6. The molecule has 6 heteroatoms. The quantitative estimate of drug-likeness (QED) is 0.716. The van der Waals surface area contributed by atoms with Crippen molar-refractivity contribution < 1.29 is 17.9 Å². The highest BCUT2D eigenvalue weighted by atomic mass is 32.2. The summed E-state index contributed by atoms with van der Waals surface area (Å²) in [6, 6.07) is 0. The average molecular weight is 249 g/mol. The number of carbonyl (C=O) groups is 1. The summed E-state index contributed by atoms with van der Waals surface area (Å²) in [6.07, 6.45) is 1.20. The van der Waals surface area contributed by atoms with Crippen molar-refractivity contribution in [3.63, 3.8) is 0 Å². The van der Waals surface area contributed by atoms with Crippen molar-refractivity contribution in [1.82, 2.24) is 5.32 Å². The number of carbonyl (C=O) groups excluding carboxylic acids is 1. The Kier molecular flexibility index (Phi) is 4.32. The lowest BCUT2D eigenvalue weighted by molar-refractivity contribution is -0.145. The molecule has 1 N–H and O–H groups in total. The molecule has 0 radical (unpaired) electrons. The molecular formula is C10H19NO4S. The molecule has 0 aromatic heterocycles. The van der Waals surface area contributed by atoms with Gasteiger partial charge in [0.25, 0.3) is 0 Å². The monoisotopic (exact) mass is 249 g/mol. The van der Waals surface area contributed by atoms with E-state index in [0.29, 0.717) is 19.4 Å². The third-order valence-corrected chi connectivity index (χ3v) is 4.75. The molecule has 1 saturated heterocycles. The molecule has 1 aliphatic heterocycles. The number of rotatable bonds is 4. The zero-order chi connectivity index (χ0) is 12.2. The van der Waals surface area contributed by atoms with E-state index in [2.05, 4.69) is 5.32 Å². The second-order valence-electron chi connectivity index (χ2n) is 4.16. The fourth-order valence-corrected chi connectivity index (χ4v) is 3.54. The first-order valence-corrected chi connectivity index (χ1v) is 7.30. The zero-order valence-corrected chi connectivity index (χ0v) is 10.6. The van der Waals surface area contributed by atoms with Gasteiger partial charge in [0, 0.05) is 5.54 Å². The Morgan fingerprint density at radius 1 is 1.38 bits per heavy atom. The SMILES string of the molecule is CCOC(=O)CC1(NC)CCS(=O)(=O)CC1. The average Bonchev–Trinajstić information content (AvgIpc) is 2.22. The van der Waals surface area contributed by atoms with Gasteiger partial charge in [-0.3, -0.25) is 4.79 Å². The minimum atomic E-state index is -2.90. The van der Waals surface area contributed by atoms with Crippen LogP contribution in [0.2, 0.25) is 0 Å². The first-order valence-electron chi connectivity index (χ1n) is 5.48. The molecule has 0 unspecified atom stereocenters. The van der Waals surface area contributed by atoms with E-state index in [9.17, 15) is 13.2 Å². The van der Waals surface area contributed by atoms with Crippen LogP contribution in [0.4, 0.5) is 0 Å². The largest absolute Gasteiger partial charge is 0.466 e. The van der Waals surface area contributed by atoms with Gasteiger partial charge in [-0.25, -0.2) is 8.42 Å². The number of ether oxygens (including phenoxy) is 1. The predicted molar refractivity (Wildman–Crippen MR) is 60.9 cm³/mol. The Hall–Kier alpha value is -0.620. The van der Waals surface area contributed by atoms with Crippen LogP contribution in [-0.2, 0) is 19.4 Å². The lowest BCUT2D eigenvalue weighted by Gasteiger charge is -2.36. The summed E-state index contributed by atoms with van der Waals surface area (Å²) in [4.78, 5) is 11.4. The van der Waals surface area contributed by atoms with Crippen LogP contribution < -0.4 is 5.32 Å². The molecule has 1 rings (SSSR count). The second-order valence-corrected chi connectivity index (χ2v) is 6.47. The third kappa shape index (κ3) is 3.45. The minimum absolute atomic E-state index is 0.146. The van der Waals surface area contributed by atoms with Gasteiger partial charge in [0.1, 0.15) is 9.84 Å². The second kappa shape index (κ2) is 5.14. The number of sulfone groups is 1. The van der Waals surface area contributed by atoms with Gasteiger partial charge < -0.3 is 10.1 Å². The molecule has 0 saturated carbocycles. The molecule has 16 heavy (non-hydrogen) atoms. The van der Waals surface area contributed by atoms with Gasteiger partial charge in [-0.2, -0.15) is 0 Å². The Balaban J connectivity index is 2.63. The van der Waals surface area contributed by atoms with Crippen molar-refractivity contribution >= 4 is 15.8 Å². The van der Waals surface area contributed by atoms with Gasteiger partial charge in [0.15, 0.2) is 0 Å².